The summed E-state index contributed by atoms with van der Waals surface area (Å²) in [6.07, 6.45) is 5.35. The molecular weight excluding hydrogens is 220 g/mol. The predicted molar refractivity (Wildman–Crippen MR) is 77.3 cm³/mol. The van der Waals surface area contributed by atoms with E-state index in [4.69, 9.17) is 0 Å². The fraction of sp³-hybridized carbons (Fsp3) is 0.625. The number of fused-ring (bicyclic) bond motifs is 2. The Kier molecular flexibility index (Phi) is 3.06. The largest absolute Gasteiger partial charge is 0.365 e. The zero-order valence-corrected chi connectivity index (χ0v) is 11.7. The van der Waals surface area contributed by atoms with Crippen LogP contribution < -0.4 is 10.2 Å². The highest BCUT2D eigenvalue weighted by Gasteiger charge is 2.40. The van der Waals surface area contributed by atoms with Crippen molar-refractivity contribution in [2.75, 3.05) is 11.9 Å². The molecule has 2 saturated heterocycles. The quantitative estimate of drug-likeness (QED) is 0.860. The van der Waals surface area contributed by atoms with Gasteiger partial charge in [0.1, 0.15) is 0 Å². The molecule has 2 aliphatic heterocycles. The van der Waals surface area contributed by atoms with Gasteiger partial charge in [-0.05, 0) is 63.8 Å². The van der Waals surface area contributed by atoms with Gasteiger partial charge in [0.2, 0.25) is 0 Å². The summed E-state index contributed by atoms with van der Waals surface area (Å²) in [7, 11) is 2.11. The van der Waals surface area contributed by atoms with Crippen molar-refractivity contribution >= 4 is 5.69 Å². The van der Waals surface area contributed by atoms with Crippen molar-refractivity contribution in [3.8, 4) is 0 Å². The first kappa shape index (κ1) is 12.0. The molecule has 2 aliphatic rings. The summed E-state index contributed by atoms with van der Waals surface area (Å²) in [5.41, 5.74) is 4.37. The van der Waals surface area contributed by atoms with Crippen LogP contribution in [0.5, 0.6) is 0 Å². The zero-order chi connectivity index (χ0) is 12.7. The lowest BCUT2D eigenvalue weighted by Gasteiger charge is -2.41. The molecule has 2 heteroatoms. The molecule has 2 nitrogen and oxygen atoms in total. The van der Waals surface area contributed by atoms with E-state index in [0.717, 1.165) is 18.1 Å². The Balaban J connectivity index is 1.92. The van der Waals surface area contributed by atoms with Gasteiger partial charge < -0.3 is 10.2 Å². The minimum Gasteiger partial charge on any atom is -0.365 e. The van der Waals surface area contributed by atoms with Crippen LogP contribution in [0.3, 0.4) is 0 Å². The number of anilines is 1. The number of rotatable bonds is 2. The van der Waals surface area contributed by atoms with Crippen molar-refractivity contribution in [1.82, 2.24) is 5.32 Å². The van der Waals surface area contributed by atoms with Gasteiger partial charge in [-0.2, -0.15) is 0 Å². The molecule has 2 atom stereocenters. The molecule has 0 radical (unpaired) electrons. The first-order chi connectivity index (χ1) is 8.70. The molecule has 98 valence electrons. The molecule has 0 aromatic heterocycles. The van der Waals surface area contributed by atoms with Crippen molar-refractivity contribution in [3.05, 3.63) is 29.3 Å². The van der Waals surface area contributed by atoms with E-state index in [1.807, 2.05) is 0 Å². The summed E-state index contributed by atoms with van der Waals surface area (Å²) in [5.74, 6) is 0. The van der Waals surface area contributed by atoms with Crippen molar-refractivity contribution in [2.24, 2.45) is 0 Å². The highest BCUT2D eigenvalue weighted by atomic mass is 15.2. The standard InChI is InChI=1S/C16H24N2/c1-11-5-4-6-16(12(11)2)18-14-7-8-15(18)10-13(9-14)17-3/h4-6,13-15,17H,7-10H2,1-3H3. The van der Waals surface area contributed by atoms with Crippen LogP contribution >= 0.6 is 0 Å². The third-order valence-electron chi connectivity index (χ3n) is 5.00. The maximum atomic E-state index is 3.48. The lowest BCUT2D eigenvalue weighted by atomic mass is 9.95. The zero-order valence-electron chi connectivity index (χ0n) is 11.7. The SMILES string of the molecule is CNC1CC2CCC(C1)N2c1cccc(C)c1C. The summed E-state index contributed by atoms with van der Waals surface area (Å²) in [5, 5.41) is 3.48. The first-order valence-electron chi connectivity index (χ1n) is 7.22. The fourth-order valence-electron chi connectivity index (χ4n) is 3.82. The monoisotopic (exact) mass is 244 g/mol. The van der Waals surface area contributed by atoms with E-state index in [9.17, 15) is 0 Å². The van der Waals surface area contributed by atoms with Gasteiger partial charge in [0, 0.05) is 23.8 Å². The van der Waals surface area contributed by atoms with Crippen LogP contribution in [0.25, 0.3) is 0 Å². The molecule has 18 heavy (non-hydrogen) atoms. The van der Waals surface area contributed by atoms with Crippen molar-refractivity contribution in [1.29, 1.82) is 0 Å². The van der Waals surface area contributed by atoms with Crippen LogP contribution in [0.2, 0.25) is 0 Å². The van der Waals surface area contributed by atoms with Gasteiger partial charge in [-0.25, -0.2) is 0 Å². The number of piperidine rings is 1. The second kappa shape index (κ2) is 4.58. The maximum absolute atomic E-state index is 3.48. The second-order valence-corrected chi connectivity index (χ2v) is 5.97. The van der Waals surface area contributed by atoms with Gasteiger partial charge in [0.05, 0.1) is 0 Å². The van der Waals surface area contributed by atoms with E-state index in [0.29, 0.717) is 0 Å². The molecule has 2 unspecified atom stereocenters. The van der Waals surface area contributed by atoms with Crippen LogP contribution in [0.4, 0.5) is 5.69 Å². The molecule has 0 aliphatic carbocycles. The van der Waals surface area contributed by atoms with E-state index in [-0.39, 0.29) is 0 Å². The molecule has 3 rings (SSSR count). The Morgan fingerprint density at radius 2 is 1.78 bits per heavy atom. The molecule has 0 saturated carbocycles. The molecule has 1 aromatic rings. The Morgan fingerprint density at radius 3 is 2.39 bits per heavy atom. The second-order valence-electron chi connectivity index (χ2n) is 5.97. The first-order valence-corrected chi connectivity index (χ1v) is 7.22. The maximum Gasteiger partial charge on any atom is 0.0403 e. The van der Waals surface area contributed by atoms with Gasteiger partial charge >= 0.3 is 0 Å². The Labute approximate surface area is 110 Å². The van der Waals surface area contributed by atoms with Gasteiger partial charge in [0.15, 0.2) is 0 Å². The number of hydrogen-bond donors (Lipinski definition) is 1. The number of nitrogens with one attached hydrogen (secondary N) is 1. The molecule has 1 aromatic carbocycles. The molecule has 2 bridgehead atoms. The molecule has 1 N–H and O–H groups in total. The summed E-state index contributed by atoms with van der Waals surface area (Å²) >= 11 is 0. The normalized spacial score (nSPS) is 30.8. The lowest BCUT2D eigenvalue weighted by molar-refractivity contribution is 0.373. The number of hydrogen-bond acceptors (Lipinski definition) is 2. The highest BCUT2D eigenvalue weighted by molar-refractivity contribution is 5.58. The molecule has 2 heterocycles. The average Bonchev–Trinajstić information content (AvgIpc) is 2.63. The minimum absolute atomic E-state index is 0.726. The van der Waals surface area contributed by atoms with Gasteiger partial charge in [-0.1, -0.05) is 12.1 Å². The third kappa shape index (κ3) is 1.83. The van der Waals surface area contributed by atoms with Crippen molar-refractivity contribution in [2.45, 2.75) is 57.7 Å². The highest BCUT2D eigenvalue weighted by Crippen LogP contribution is 2.40. The average molecular weight is 244 g/mol. The van der Waals surface area contributed by atoms with E-state index in [2.05, 4.69) is 49.3 Å². The molecular formula is C16H24N2. The molecule has 0 spiro atoms. The van der Waals surface area contributed by atoms with Gasteiger partial charge in [-0.15, -0.1) is 0 Å². The summed E-state index contributed by atoms with van der Waals surface area (Å²) in [4.78, 5) is 2.72. The molecule has 0 amide bonds. The number of aryl methyl sites for hydroxylation is 1. The number of nitrogens with zero attached hydrogens (tertiary/aromatic N) is 1. The van der Waals surface area contributed by atoms with Crippen molar-refractivity contribution < 1.29 is 0 Å². The van der Waals surface area contributed by atoms with Gasteiger partial charge in [-0.3, -0.25) is 0 Å². The topological polar surface area (TPSA) is 15.3 Å². The Hall–Kier alpha value is -1.02. The van der Waals surface area contributed by atoms with Crippen LogP contribution in [0.1, 0.15) is 36.8 Å². The van der Waals surface area contributed by atoms with Crippen LogP contribution in [-0.2, 0) is 0 Å². The van der Waals surface area contributed by atoms with Crippen molar-refractivity contribution in [3.63, 3.8) is 0 Å². The Bertz CT molecular complexity index is 427. The summed E-state index contributed by atoms with van der Waals surface area (Å²) in [6, 6.07) is 8.97. The van der Waals surface area contributed by atoms with Crippen LogP contribution in [0.15, 0.2) is 18.2 Å². The molecule has 2 fully saturated rings. The van der Waals surface area contributed by atoms with E-state index in [1.54, 1.807) is 0 Å². The van der Waals surface area contributed by atoms with E-state index < -0.39 is 0 Å². The smallest absolute Gasteiger partial charge is 0.0403 e. The van der Waals surface area contributed by atoms with Gasteiger partial charge in [0.25, 0.3) is 0 Å². The Morgan fingerprint density at radius 1 is 1.11 bits per heavy atom. The minimum atomic E-state index is 0.726. The number of benzene rings is 1. The van der Waals surface area contributed by atoms with E-state index in [1.165, 1.54) is 42.5 Å². The third-order valence-corrected chi connectivity index (χ3v) is 5.00. The summed E-state index contributed by atoms with van der Waals surface area (Å²) < 4.78 is 0. The lowest BCUT2D eigenvalue weighted by Crippen LogP contribution is -2.48. The predicted octanol–water partition coefficient (Wildman–Crippen LogP) is 3.02. The van der Waals surface area contributed by atoms with E-state index >= 15 is 0 Å². The van der Waals surface area contributed by atoms with Crippen LogP contribution in [0, 0.1) is 13.8 Å². The fourth-order valence-corrected chi connectivity index (χ4v) is 3.82. The summed E-state index contributed by atoms with van der Waals surface area (Å²) in [6.45, 7) is 4.50. The van der Waals surface area contributed by atoms with Crippen LogP contribution in [-0.4, -0.2) is 25.2 Å².